The molecular weight excluding hydrogens is 371 g/mol. The van der Waals surface area contributed by atoms with Crippen molar-refractivity contribution in [1.29, 1.82) is 0 Å². The van der Waals surface area contributed by atoms with E-state index in [9.17, 15) is 9.18 Å². The molecule has 27 heavy (non-hydrogen) atoms. The minimum atomic E-state index is -0.654. The van der Waals surface area contributed by atoms with Gasteiger partial charge in [0.15, 0.2) is 0 Å². The van der Waals surface area contributed by atoms with Gasteiger partial charge in [-0.15, -0.1) is 12.4 Å². The SMILES string of the molecule is Cl.O=C(N1CCOC(c2cccc(F)c2)C1)C1(n2cccn2)CCNCC1. The third-order valence-corrected chi connectivity index (χ3v) is 5.35. The van der Waals surface area contributed by atoms with Crippen molar-refractivity contribution in [2.45, 2.75) is 24.5 Å². The molecule has 2 aromatic rings. The van der Waals surface area contributed by atoms with E-state index in [0.29, 0.717) is 32.5 Å². The Kier molecular flexibility index (Phi) is 6.14. The fourth-order valence-corrected chi connectivity index (χ4v) is 3.94. The first-order chi connectivity index (χ1) is 12.7. The molecule has 0 radical (unpaired) electrons. The summed E-state index contributed by atoms with van der Waals surface area (Å²) in [7, 11) is 0. The largest absolute Gasteiger partial charge is 0.370 e. The molecule has 3 heterocycles. The molecule has 6 nitrogen and oxygen atoms in total. The molecule has 0 spiro atoms. The van der Waals surface area contributed by atoms with Gasteiger partial charge in [0.1, 0.15) is 17.5 Å². The maximum Gasteiger partial charge on any atom is 0.250 e. The van der Waals surface area contributed by atoms with Crippen molar-refractivity contribution in [1.82, 2.24) is 20.0 Å². The maximum absolute atomic E-state index is 13.6. The average molecular weight is 395 g/mol. The van der Waals surface area contributed by atoms with E-state index < -0.39 is 5.54 Å². The number of hydrogen-bond acceptors (Lipinski definition) is 4. The monoisotopic (exact) mass is 394 g/mol. The van der Waals surface area contributed by atoms with Crippen molar-refractivity contribution < 1.29 is 13.9 Å². The highest BCUT2D eigenvalue weighted by atomic mass is 35.5. The first-order valence-corrected chi connectivity index (χ1v) is 9.06. The predicted octanol–water partition coefficient (Wildman–Crippen LogP) is 2.12. The van der Waals surface area contributed by atoms with Gasteiger partial charge < -0.3 is 15.0 Å². The number of amides is 1. The zero-order valence-corrected chi connectivity index (χ0v) is 15.8. The Morgan fingerprint density at radius 3 is 2.81 bits per heavy atom. The second-order valence-electron chi connectivity index (χ2n) is 6.90. The van der Waals surface area contributed by atoms with Gasteiger partial charge in [0.05, 0.1) is 13.2 Å². The highest BCUT2D eigenvalue weighted by Crippen LogP contribution is 2.32. The van der Waals surface area contributed by atoms with Gasteiger partial charge in [0, 0.05) is 18.9 Å². The molecule has 2 fully saturated rings. The molecule has 2 saturated heterocycles. The molecule has 1 amide bonds. The average Bonchev–Trinajstić information content (AvgIpc) is 3.23. The van der Waals surface area contributed by atoms with E-state index in [2.05, 4.69) is 10.4 Å². The summed E-state index contributed by atoms with van der Waals surface area (Å²) < 4.78 is 21.2. The van der Waals surface area contributed by atoms with E-state index in [1.54, 1.807) is 12.3 Å². The molecule has 1 aromatic carbocycles. The molecule has 0 bridgehead atoms. The third kappa shape index (κ3) is 3.85. The van der Waals surface area contributed by atoms with Gasteiger partial charge in [-0.3, -0.25) is 9.48 Å². The number of piperidine rings is 1. The van der Waals surface area contributed by atoms with Crippen LogP contribution in [0.4, 0.5) is 4.39 Å². The maximum atomic E-state index is 13.6. The number of ether oxygens (including phenoxy) is 1. The van der Waals surface area contributed by atoms with Crippen LogP contribution >= 0.6 is 12.4 Å². The predicted molar refractivity (Wildman–Crippen MR) is 101 cm³/mol. The van der Waals surface area contributed by atoms with Crippen LogP contribution in [-0.4, -0.2) is 53.4 Å². The lowest BCUT2D eigenvalue weighted by Crippen LogP contribution is -2.57. The number of nitrogens with one attached hydrogen (secondary N) is 1. The summed E-state index contributed by atoms with van der Waals surface area (Å²) in [6.45, 7) is 2.98. The summed E-state index contributed by atoms with van der Waals surface area (Å²) in [6, 6.07) is 8.26. The summed E-state index contributed by atoms with van der Waals surface area (Å²) in [6.07, 6.45) is 4.68. The van der Waals surface area contributed by atoms with Gasteiger partial charge in [-0.05, 0) is 49.7 Å². The van der Waals surface area contributed by atoms with Crippen LogP contribution in [0.1, 0.15) is 24.5 Å². The van der Waals surface area contributed by atoms with E-state index in [1.165, 1.54) is 12.1 Å². The second kappa shape index (κ2) is 8.37. The van der Waals surface area contributed by atoms with Crippen molar-refractivity contribution >= 4 is 18.3 Å². The second-order valence-corrected chi connectivity index (χ2v) is 6.90. The van der Waals surface area contributed by atoms with Gasteiger partial charge in [-0.2, -0.15) is 5.10 Å². The van der Waals surface area contributed by atoms with Crippen molar-refractivity contribution in [3.05, 3.63) is 54.1 Å². The molecule has 146 valence electrons. The molecule has 0 aliphatic carbocycles. The lowest BCUT2D eigenvalue weighted by molar-refractivity contribution is -0.151. The third-order valence-electron chi connectivity index (χ3n) is 5.35. The number of benzene rings is 1. The lowest BCUT2D eigenvalue weighted by atomic mass is 9.86. The van der Waals surface area contributed by atoms with Crippen LogP contribution in [0.15, 0.2) is 42.7 Å². The Balaban J connectivity index is 0.00000210. The Hall–Kier alpha value is -1.96. The zero-order valence-electron chi connectivity index (χ0n) is 15.0. The van der Waals surface area contributed by atoms with Crippen LogP contribution < -0.4 is 5.32 Å². The Morgan fingerprint density at radius 1 is 1.30 bits per heavy atom. The van der Waals surface area contributed by atoms with Gasteiger partial charge in [0.25, 0.3) is 5.91 Å². The van der Waals surface area contributed by atoms with Crippen LogP contribution in [0.25, 0.3) is 0 Å². The number of hydrogen-bond donors (Lipinski definition) is 1. The Labute approximate surface area is 164 Å². The Bertz CT molecular complexity index is 765. The van der Waals surface area contributed by atoms with Crippen LogP contribution in [0, 0.1) is 5.82 Å². The number of carbonyl (C=O) groups is 1. The Morgan fingerprint density at radius 2 is 2.11 bits per heavy atom. The van der Waals surface area contributed by atoms with E-state index in [4.69, 9.17) is 4.74 Å². The molecule has 1 N–H and O–H groups in total. The van der Waals surface area contributed by atoms with Crippen molar-refractivity contribution in [2.24, 2.45) is 0 Å². The molecule has 2 aliphatic heterocycles. The summed E-state index contributed by atoms with van der Waals surface area (Å²) in [5.41, 5.74) is 0.111. The van der Waals surface area contributed by atoms with Gasteiger partial charge in [-0.1, -0.05) is 12.1 Å². The van der Waals surface area contributed by atoms with E-state index >= 15 is 0 Å². The van der Waals surface area contributed by atoms with E-state index in [-0.39, 0.29) is 30.2 Å². The molecule has 8 heteroatoms. The summed E-state index contributed by atoms with van der Waals surface area (Å²) in [5.74, 6) is -0.215. The van der Waals surface area contributed by atoms with Crippen molar-refractivity contribution in [3.63, 3.8) is 0 Å². The number of nitrogens with zero attached hydrogens (tertiary/aromatic N) is 3. The highest BCUT2D eigenvalue weighted by Gasteiger charge is 2.45. The first-order valence-electron chi connectivity index (χ1n) is 9.06. The summed E-state index contributed by atoms with van der Waals surface area (Å²) in [4.78, 5) is 15.4. The van der Waals surface area contributed by atoms with Crippen LogP contribution in [-0.2, 0) is 15.1 Å². The minimum absolute atomic E-state index is 0. The molecule has 2 aliphatic rings. The van der Waals surface area contributed by atoms with Crippen LogP contribution in [0.3, 0.4) is 0 Å². The molecule has 1 aromatic heterocycles. The fraction of sp³-hybridized carbons (Fsp3) is 0.474. The van der Waals surface area contributed by atoms with Gasteiger partial charge in [0.2, 0.25) is 0 Å². The standard InChI is InChI=1S/C19H23FN4O2.ClH/c20-16-4-1-3-15(13-16)17-14-23(11-12-26-17)18(25)19(5-8-21-9-6-19)24-10-2-7-22-24;/h1-4,7,10,13,17,21H,5-6,8-9,11-12,14H2;1H. The van der Waals surface area contributed by atoms with Crippen molar-refractivity contribution in [2.75, 3.05) is 32.8 Å². The number of aromatic nitrogens is 2. The quantitative estimate of drug-likeness (QED) is 0.866. The highest BCUT2D eigenvalue weighted by molar-refractivity contribution is 5.85. The normalized spacial score (nSPS) is 22.1. The van der Waals surface area contributed by atoms with Gasteiger partial charge in [-0.25, -0.2) is 4.39 Å². The molecule has 4 rings (SSSR count). The van der Waals surface area contributed by atoms with E-state index in [0.717, 1.165) is 18.7 Å². The number of halogens is 2. The molecule has 1 unspecified atom stereocenters. The zero-order chi connectivity index (χ0) is 18.0. The van der Waals surface area contributed by atoms with Crippen molar-refractivity contribution in [3.8, 4) is 0 Å². The fourth-order valence-electron chi connectivity index (χ4n) is 3.94. The smallest absolute Gasteiger partial charge is 0.250 e. The first kappa shape index (κ1) is 19.8. The molecule has 0 saturated carbocycles. The van der Waals surface area contributed by atoms with Crippen LogP contribution in [0.5, 0.6) is 0 Å². The summed E-state index contributed by atoms with van der Waals surface area (Å²) in [5, 5.41) is 7.70. The molecule has 1 atom stereocenters. The summed E-state index contributed by atoms with van der Waals surface area (Å²) >= 11 is 0. The minimum Gasteiger partial charge on any atom is -0.370 e. The number of rotatable bonds is 3. The van der Waals surface area contributed by atoms with E-state index in [1.807, 2.05) is 27.9 Å². The van der Waals surface area contributed by atoms with Crippen LogP contribution in [0.2, 0.25) is 0 Å². The lowest BCUT2D eigenvalue weighted by Gasteiger charge is -2.42. The topological polar surface area (TPSA) is 59.4 Å². The number of carbonyl (C=O) groups excluding carboxylic acids is 1. The number of morpholine rings is 1. The van der Waals surface area contributed by atoms with Gasteiger partial charge >= 0.3 is 0 Å². The molecular formula is C19H24ClFN4O2.